The fourth-order valence-corrected chi connectivity index (χ4v) is 4.21. The maximum Gasteiger partial charge on any atom is 0.418 e. The predicted octanol–water partition coefficient (Wildman–Crippen LogP) is 9.21. The van der Waals surface area contributed by atoms with Crippen LogP contribution in [0.1, 0.15) is 33.4 Å². The molecule has 0 fully saturated rings. The lowest BCUT2D eigenvalue weighted by molar-refractivity contribution is -0.138. The summed E-state index contributed by atoms with van der Waals surface area (Å²) in [4.78, 5) is 0. The Morgan fingerprint density at radius 2 is 0.872 bits per heavy atom. The highest BCUT2D eigenvalue weighted by Crippen LogP contribution is 2.46. The molecule has 0 bridgehead atoms. The number of hydrogen-bond donors (Lipinski definition) is 0. The van der Waals surface area contributed by atoms with Gasteiger partial charge in [-0.05, 0) is 60.4 Å². The number of ether oxygens (including phenoxy) is 1. The van der Waals surface area contributed by atoms with Gasteiger partial charge in [0, 0.05) is 0 Å². The summed E-state index contributed by atoms with van der Waals surface area (Å²) in [7, 11) is 0. The number of alkyl halides is 6. The summed E-state index contributed by atoms with van der Waals surface area (Å²) in [6, 6.07) is 19.6. The van der Waals surface area contributed by atoms with Crippen LogP contribution in [0.15, 0.2) is 72.8 Å². The van der Waals surface area contributed by atoms with Gasteiger partial charge in [0.1, 0.15) is 34.8 Å². The third kappa shape index (κ3) is 5.44. The summed E-state index contributed by atoms with van der Waals surface area (Å²) >= 11 is 0. The zero-order chi connectivity index (χ0) is 28.5. The molecule has 0 N–H and O–H groups in total. The van der Waals surface area contributed by atoms with Crippen LogP contribution in [-0.2, 0) is 12.4 Å². The van der Waals surface area contributed by atoms with E-state index in [-0.39, 0.29) is 22.3 Å². The van der Waals surface area contributed by atoms with Gasteiger partial charge in [0.15, 0.2) is 0 Å². The Kier molecular flexibility index (Phi) is 7.12. The molecule has 0 unspecified atom stereocenters. The van der Waals surface area contributed by atoms with Gasteiger partial charge in [0.2, 0.25) is 0 Å². The zero-order valence-corrected chi connectivity index (χ0v) is 20.5. The van der Waals surface area contributed by atoms with Crippen molar-refractivity contribution in [2.75, 3.05) is 0 Å². The van der Waals surface area contributed by atoms with Gasteiger partial charge in [-0.25, -0.2) is 0 Å². The van der Waals surface area contributed by atoms with Gasteiger partial charge in [-0.1, -0.05) is 59.7 Å². The molecule has 0 radical (unpaired) electrons. The molecule has 0 aromatic heterocycles. The van der Waals surface area contributed by atoms with E-state index in [9.17, 15) is 36.9 Å². The third-order valence-electron chi connectivity index (χ3n) is 6.07. The first kappa shape index (κ1) is 27.3. The number of hydrogen-bond acceptors (Lipinski definition) is 3. The molecule has 0 saturated carbocycles. The van der Waals surface area contributed by atoms with Crippen molar-refractivity contribution < 1.29 is 31.1 Å². The quantitative estimate of drug-likeness (QED) is 0.244. The van der Waals surface area contributed by atoms with Gasteiger partial charge >= 0.3 is 12.4 Å². The largest absolute Gasteiger partial charge is 0.455 e. The van der Waals surface area contributed by atoms with Crippen LogP contribution in [0.4, 0.5) is 26.3 Å². The van der Waals surface area contributed by atoms with Crippen LogP contribution in [0.5, 0.6) is 11.5 Å². The molecule has 196 valence electrons. The van der Waals surface area contributed by atoms with Crippen molar-refractivity contribution in [3.63, 3.8) is 0 Å². The summed E-state index contributed by atoms with van der Waals surface area (Å²) in [5.41, 5.74) is -3.01. The van der Waals surface area contributed by atoms with E-state index in [1.165, 1.54) is 36.4 Å². The standard InChI is InChI=1S/C30H18F6N2O/c1-17-3-7-19(8-4-17)21-11-13-25(23(15-37)27(21)29(31,32)33)39-26-14-12-22(20-9-5-18(2)6-10-20)28(24(26)16-38)30(34,35)36/h3-14H,1-2H3. The van der Waals surface area contributed by atoms with E-state index in [0.717, 1.165) is 35.4 Å². The molecule has 4 aromatic carbocycles. The molecule has 0 spiro atoms. The molecule has 0 aliphatic rings. The molecule has 9 heteroatoms. The minimum absolute atomic E-state index is 0.190. The Morgan fingerprint density at radius 3 is 1.15 bits per heavy atom. The monoisotopic (exact) mass is 536 g/mol. The smallest absolute Gasteiger partial charge is 0.418 e. The number of rotatable bonds is 4. The SMILES string of the molecule is Cc1ccc(-c2ccc(Oc3ccc(-c4ccc(C)cc4)c(C(F)(F)F)c3C#N)c(C#N)c2C(F)(F)F)cc1. The second-order valence-corrected chi connectivity index (χ2v) is 8.78. The van der Waals surface area contributed by atoms with E-state index in [1.807, 2.05) is 0 Å². The summed E-state index contributed by atoms with van der Waals surface area (Å²) in [6.07, 6.45) is -9.98. The molecular weight excluding hydrogens is 518 g/mol. The average Bonchev–Trinajstić information content (AvgIpc) is 2.88. The lowest BCUT2D eigenvalue weighted by atomic mass is 9.93. The lowest BCUT2D eigenvalue weighted by Gasteiger charge is -2.20. The van der Waals surface area contributed by atoms with Crippen LogP contribution in [0, 0.1) is 36.5 Å². The Balaban J connectivity index is 1.92. The highest BCUT2D eigenvalue weighted by Gasteiger charge is 2.40. The number of nitriles is 2. The summed E-state index contributed by atoms with van der Waals surface area (Å²) in [6.45, 7) is 3.52. The first-order valence-corrected chi connectivity index (χ1v) is 11.5. The third-order valence-corrected chi connectivity index (χ3v) is 6.07. The van der Waals surface area contributed by atoms with Gasteiger partial charge in [-0.3, -0.25) is 0 Å². The highest BCUT2D eigenvalue weighted by molar-refractivity contribution is 5.76. The summed E-state index contributed by atoms with van der Waals surface area (Å²) in [5, 5.41) is 19.4. The molecule has 0 atom stereocenters. The Morgan fingerprint density at radius 1 is 0.538 bits per heavy atom. The number of aryl methyl sites for hydroxylation is 2. The van der Waals surface area contributed by atoms with Crippen LogP contribution in [-0.4, -0.2) is 0 Å². The van der Waals surface area contributed by atoms with E-state index in [2.05, 4.69) is 0 Å². The van der Waals surface area contributed by atoms with E-state index in [4.69, 9.17) is 4.74 Å². The molecule has 0 aliphatic carbocycles. The van der Waals surface area contributed by atoms with Crippen LogP contribution in [0.3, 0.4) is 0 Å². The second-order valence-electron chi connectivity index (χ2n) is 8.78. The number of benzene rings is 4. The van der Waals surface area contributed by atoms with Gasteiger partial charge in [0.05, 0.1) is 11.1 Å². The molecule has 3 nitrogen and oxygen atoms in total. The highest BCUT2D eigenvalue weighted by atomic mass is 19.4. The second kappa shape index (κ2) is 10.2. The fraction of sp³-hybridized carbons (Fsp3) is 0.133. The molecule has 4 rings (SSSR count). The summed E-state index contributed by atoms with van der Waals surface area (Å²) in [5.74, 6) is -1.26. The van der Waals surface area contributed by atoms with Crippen molar-refractivity contribution in [1.82, 2.24) is 0 Å². The fourth-order valence-electron chi connectivity index (χ4n) is 4.21. The van der Waals surface area contributed by atoms with E-state index >= 15 is 0 Å². The van der Waals surface area contributed by atoms with Gasteiger partial charge in [0.25, 0.3) is 0 Å². The van der Waals surface area contributed by atoms with Crippen LogP contribution < -0.4 is 4.74 Å². The maximum absolute atomic E-state index is 14.2. The molecule has 4 aromatic rings. The Labute approximate surface area is 220 Å². The minimum atomic E-state index is -4.99. The van der Waals surface area contributed by atoms with Gasteiger partial charge < -0.3 is 4.74 Å². The van der Waals surface area contributed by atoms with E-state index < -0.39 is 46.1 Å². The van der Waals surface area contributed by atoms with Crippen molar-refractivity contribution >= 4 is 0 Å². The summed E-state index contributed by atoms with van der Waals surface area (Å²) < 4.78 is 90.7. The van der Waals surface area contributed by atoms with Gasteiger partial charge in [-0.15, -0.1) is 0 Å². The van der Waals surface area contributed by atoms with Crippen molar-refractivity contribution in [2.24, 2.45) is 0 Å². The van der Waals surface area contributed by atoms with Crippen LogP contribution >= 0.6 is 0 Å². The minimum Gasteiger partial charge on any atom is -0.455 e. The number of nitrogens with zero attached hydrogens (tertiary/aromatic N) is 2. The molecule has 0 amide bonds. The molecular formula is C30H18F6N2O. The zero-order valence-electron chi connectivity index (χ0n) is 20.5. The molecule has 0 saturated heterocycles. The molecule has 0 heterocycles. The van der Waals surface area contributed by atoms with E-state index in [1.54, 1.807) is 38.1 Å². The maximum atomic E-state index is 14.2. The first-order valence-electron chi connectivity index (χ1n) is 11.5. The van der Waals surface area contributed by atoms with E-state index in [0.29, 0.717) is 0 Å². The molecule has 39 heavy (non-hydrogen) atoms. The lowest BCUT2D eigenvalue weighted by Crippen LogP contribution is -2.13. The average molecular weight is 536 g/mol. The topological polar surface area (TPSA) is 56.8 Å². The van der Waals surface area contributed by atoms with Crippen LogP contribution in [0.2, 0.25) is 0 Å². The van der Waals surface area contributed by atoms with Crippen molar-refractivity contribution in [1.29, 1.82) is 10.5 Å². The van der Waals surface area contributed by atoms with Crippen molar-refractivity contribution in [3.05, 3.63) is 106 Å². The van der Waals surface area contributed by atoms with Crippen molar-refractivity contribution in [2.45, 2.75) is 26.2 Å². The van der Waals surface area contributed by atoms with Crippen molar-refractivity contribution in [3.8, 4) is 45.9 Å². The molecule has 0 aliphatic heterocycles. The van der Waals surface area contributed by atoms with Crippen LogP contribution in [0.25, 0.3) is 22.3 Å². The Bertz CT molecular complexity index is 1500. The number of halogens is 6. The first-order chi connectivity index (χ1) is 18.3. The predicted molar refractivity (Wildman–Crippen MR) is 133 cm³/mol. The normalized spacial score (nSPS) is 11.5. The van der Waals surface area contributed by atoms with Gasteiger partial charge in [-0.2, -0.15) is 36.9 Å². The Hall–Kier alpha value is -4.76.